The predicted molar refractivity (Wildman–Crippen MR) is 112 cm³/mol. The zero-order chi connectivity index (χ0) is 20.4. The van der Waals surface area contributed by atoms with Crippen molar-refractivity contribution in [3.63, 3.8) is 0 Å². The molecule has 2 aromatic rings. The second-order valence-corrected chi connectivity index (χ2v) is 7.44. The number of hydrogen-bond acceptors (Lipinski definition) is 4. The summed E-state index contributed by atoms with van der Waals surface area (Å²) in [6, 6.07) is 11.0. The summed E-state index contributed by atoms with van der Waals surface area (Å²) in [5.74, 6) is -1.72. The lowest BCUT2D eigenvalue weighted by Crippen LogP contribution is -2.02. The molecule has 0 saturated carbocycles. The van der Waals surface area contributed by atoms with E-state index in [0.29, 0.717) is 18.4 Å². The quantitative estimate of drug-likeness (QED) is 0.234. The minimum atomic E-state index is -0.618. The lowest BCUT2D eigenvalue weighted by atomic mass is 9.96. The first-order valence-electron chi connectivity index (χ1n) is 10.4. The fourth-order valence-electron chi connectivity index (χ4n) is 3.42. The molecule has 0 unspecified atom stereocenters. The minimum absolute atomic E-state index is 0.0872. The van der Waals surface area contributed by atoms with E-state index in [1.54, 1.807) is 0 Å². The summed E-state index contributed by atoms with van der Waals surface area (Å²) in [6.07, 6.45) is 9.82. The van der Waals surface area contributed by atoms with Gasteiger partial charge in [0, 0.05) is 18.4 Å². The van der Waals surface area contributed by atoms with Crippen LogP contribution in [0, 0.1) is 0 Å². The van der Waals surface area contributed by atoms with Gasteiger partial charge in [0.25, 0.3) is 0 Å². The molecule has 0 heterocycles. The monoisotopic (exact) mass is 384 g/mol. The summed E-state index contributed by atoms with van der Waals surface area (Å²) in [6.45, 7) is 2.20. The molecule has 4 nitrogen and oxygen atoms in total. The van der Waals surface area contributed by atoms with Crippen LogP contribution in [-0.2, 0) is 6.42 Å². The number of Topliss-reactive ketones (excluding diaryl/α,β-unsaturated/α-hetero) is 1. The van der Waals surface area contributed by atoms with Gasteiger partial charge in [-0.1, -0.05) is 82.2 Å². The third kappa shape index (κ3) is 6.29. The van der Waals surface area contributed by atoms with Gasteiger partial charge in [0.1, 0.15) is 0 Å². The molecule has 0 saturated heterocycles. The average Bonchev–Trinajstić information content (AvgIpc) is 2.71. The molecule has 28 heavy (non-hydrogen) atoms. The summed E-state index contributed by atoms with van der Waals surface area (Å²) in [4.78, 5) is 12.6. The Balaban J connectivity index is 1.95. The number of benzene rings is 2. The van der Waals surface area contributed by atoms with Crippen molar-refractivity contribution >= 4 is 5.78 Å². The second kappa shape index (κ2) is 11.4. The van der Waals surface area contributed by atoms with Crippen LogP contribution in [0.5, 0.6) is 17.2 Å². The Bertz CT molecular complexity index is 753. The third-order valence-electron chi connectivity index (χ3n) is 5.12. The highest BCUT2D eigenvalue weighted by atomic mass is 16.3. The first kappa shape index (κ1) is 21.8. The van der Waals surface area contributed by atoms with E-state index in [9.17, 15) is 20.1 Å². The average molecular weight is 385 g/mol. The summed E-state index contributed by atoms with van der Waals surface area (Å²) >= 11 is 0. The Labute approximate surface area is 167 Å². The van der Waals surface area contributed by atoms with Crippen molar-refractivity contribution in [1.82, 2.24) is 0 Å². The molecule has 0 aliphatic heterocycles. The number of carbonyl (C=O) groups is 1. The zero-order valence-corrected chi connectivity index (χ0v) is 16.8. The van der Waals surface area contributed by atoms with Gasteiger partial charge < -0.3 is 15.3 Å². The maximum Gasteiger partial charge on any atom is 0.201 e. The number of aromatic hydroxyl groups is 3. The fraction of sp³-hybridized carbons (Fsp3) is 0.458. The number of rotatable bonds is 12. The Hall–Kier alpha value is -2.49. The maximum absolute atomic E-state index is 12.6. The topological polar surface area (TPSA) is 77.8 Å². The van der Waals surface area contributed by atoms with Gasteiger partial charge >= 0.3 is 0 Å². The van der Waals surface area contributed by atoms with Crippen LogP contribution in [0.25, 0.3) is 0 Å². The van der Waals surface area contributed by atoms with E-state index in [1.807, 2.05) is 30.3 Å². The van der Waals surface area contributed by atoms with Crippen molar-refractivity contribution in [2.75, 3.05) is 0 Å². The van der Waals surface area contributed by atoms with Crippen molar-refractivity contribution in [3.05, 3.63) is 53.1 Å². The summed E-state index contributed by atoms with van der Waals surface area (Å²) in [7, 11) is 0. The first-order chi connectivity index (χ1) is 13.5. The summed E-state index contributed by atoms with van der Waals surface area (Å²) in [5, 5.41) is 30.3. The second-order valence-electron chi connectivity index (χ2n) is 7.44. The number of phenolic OH excluding ortho intramolecular Hbond substituents is 3. The van der Waals surface area contributed by atoms with Gasteiger partial charge in [-0.15, -0.1) is 0 Å². The summed E-state index contributed by atoms with van der Waals surface area (Å²) in [5.41, 5.74) is 1.47. The highest BCUT2D eigenvalue weighted by Gasteiger charge is 2.21. The van der Waals surface area contributed by atoms with Crippen molar-refractivity contribution in [2.24, 2.45) is 0 Å². The van der Waals surface area contributed by atoms with Gasteiger partial charge in [-0.05, 0) is 18.1 Å². The van der Waals surface area contributed by atoms with E-state index in [1.165, 1.54) is 38.2 Å². The van der Waals surface area contributed by atoms with Crippen LogP contribution in [0.15, 0.2) is 36.4 Å². The summed E-state index contributed by atoms with van der Waals surface area (Å²) < 4.78 is 0. The molecule has 0 amide bonds. The van der Waals surface area contributed by atoms with E-state index in [2.05, 4.69) is 6.92 Å². The molecule has 0 bridgehead atoms. The first-order valence-corrected chi connectivity index (χ1v) is 10.4. The number of hydrogen-bond donors (Lipinski definition) is 3. The number of ketones is 1. The van der Waals surface area contributed by atoms with Crippen LogP contribution in [0.3, 0.4) is 0 Å². The molecule has 2 aromatic carbocycles. The number of unbranched alkanes of at least 4 members (excludes halogenated alkanes) is 7. The normalized spacial score (nSPS) is 10.9. The van der Waals surface area contributed by atoms with Crippen LogP contribution < -0.4 is 0 Å². The molecule has 0 aromatic heterocycles. The SMILES string of the molecule is CCCCCCCCCCC(=O)c1cc(Cc2ccccc2)c(O)c(O)c1O. The predicted octanol–water partition coefficient (Wildman–Crippen LogP) is 6.11. The Kier molecular flexibility index (Phi) is 8.86. The van der Waals surface area contributed by atoms with E-state index < -0.39 is 11.5 Å². The molecule has 152 valence electrons. The number of carbonyl (C=O) groups excluding carboxylic acids is 1. The lowest BCUT2D eigenvalue weighted by Gasteiger charge is -2.12. The minimum Gasteiger partial charge on any atom is -0.504 e. The molecule has 0 aliphatic carbocycles. The molecular formula is C24H32O4. The molecule has 2 rings (SSSR count). The van der Waals surface area contributed by atoms with Crippen molar-refractivity contribution in [1.29, 1.82) is 0 Å². The Morgan fingerprint density at radius 2 is 1.39 bits per heavy atom. The third-order valence-corrected chi connectivity index (χ3v) is 5.12. The molecule has 0 radical (unpaired) electrons. The van der Waals surface area contributed by atoms with Crippen molar-refractivity contribution in [3.8, 4) is 17.2 Å². The smallest absolute Gasteiger partial charge is 0.201 e. The van der Waals surface area contributed by atoms with Gasteiger partial charge in [-0.2, -0.15) is 0 Å². The maximum atomic E-state index is 12.6. The molecule has 0 atom stereocenters. The van der Waals surface area contributed by atoms with Gasteiger partial charge in [-0.25, -0.2) is 0 Å². The largest absolute Gasteiger partial charge is 0.504 e. The lowest BCUT2D eigenvalue weighted by molar-refractivity contribution is 0.0975. The van der Waals surface area contributed by atoms with Crippen LogP contribution in [0.2, 0.25) is 0 Å². The zero-order valence-electron chi connectivity index (χ0n) is 16.8. The Morgan fingerprint density at radius 3 is 2.04 bits per heavy atom. The van der Waals surface area contributed by atoms with Crippen LogP contribution >= 0.6 is 0 Å². The van der Waals surface area contributed by atoms with E-state index in [4.69, 9.17) is 0 Å². The highest BCUT2D eigenvalue weighted by molar-refractivity contribution is 6.00. The van der Waals surface area contributed by atoms with Gasteiger partial charge in [0.05, 0.1) is 5.56 Å². The molecule has 0 spiro atoms. The molecule has 0 fully saturated rings. The van der Waals surface area contributed by atoms with Crippen LogP contribution in [-0.4, -0.2) is 21.1 Å². The number of phenols is 3. The van der Waals surface area contributed by atoms with Gasteiger partial charge in [0.2, 0.25) is 5.75 Å². The van der Waals surface area contributed by atoms with Gasteiger partial charge in [-0.3, -0.25) is 4.79 Å². The van der Waals surface area contributed by atoms with Crippen molar-refractivity contribution in [2.45, 2.75) is 71.1 Å². The van der Waals surface area contributed by atoms with E-state index >= 15 is 0 Å². The van der Waals surface area contributed by atoms with E-state index in [0.717, 1.165) is 24.8 Å². The molecular weight excluding hydrogens is 352 g/mol. The Morgan fingerprint density at radius 1 is 0.786 bits per heavy atom. The molecule has 0 aliphatic rings. The molecule has 4 heteroatoms. The highest BCUT2D eigenvalue weighted by Crippen LogP contribution is 2.41. The van der Waals surface area contributed by atoms with Gasteiger partial charge in [0.15, 0.2) is 17.3 Å². The van der Waals surface area contributed by atoms with Crippen LogP contribution in [0.4, 0.5) is 0 Å². The fourth-order valence-corrected chi connectivity index (χ4v) is 3.42. The standard InChI is InChI=1S/C24H32O4/c1-2-3-4-5-6-7-8-12-15-21(25)20-17-19(22(26)24(28)23(20)27)16-18-13-10-9-11-14-18/h9-11,13-14,17,26-28H,2-8,12,15-16H2,1H3. The van der Waals surface area contributed by atoms with Crippen LogP contribution in [0.1, 0.15) is 86.2 Å². The van der Waals surface area contributed by atoms with E-state index in [-0.39, 0.29) is 17.1 Å². The van der Waals surface area contributed by atoms with Crippen molar-refractivity contribution < 1.29 is 20.1 Å². The molecule has 3 N–H and O–H groups in total.